The van der Waals surface area contributed by atoms with E-state index in [0.717, 1.165) is 43.6 Å². The van der Waals surface area contributed by atoms with E-state index in [4.69, 9.17) is 11.6 Å². The second-order valence-electron chi connectivity index (χ2n) is 5.33. The molecule has 1 heterocycles. The van der Waals surface area contributed by atoms with Crippen LogP contribution in [0, 0.1) is 5.92 Å². The van der Waals surface area contributed by atoms with Crippen LogP contribution in [0.4, 0.5) is 0 Å². The number of imidazole rings is 1. The van der Waals surface area contributed by atoms with Crippen molar-refractivity contribution in [3.05, 3.63) is 16.7 Å². The molecule has 0 saturated carbocycles. The quantitative estimate of drug-likeness (QED) is 0.621. The molecule has 1 atom stereocenters. The first kappa shape index (κ1) is 17.5. The van der Waals surface area contributed by atoms with Gasteiger partial charge in [-0.25, -0.2) is 4.98 Å². The van der Waals surface area contributed by atoms with Crippen molar-refractivity contribution < 1.29 is 5.11 Å². The molecule has 1 rings (SSSR count). The zero-order valence-corrected chi connectivity index (χ0v) is 13.6. The fraction of sp³-hybridized carbons (Fsp3) is 0.800. The van der Waals surface area contributed by atoms with Gasteiger partial charge < -0.3 is 15.4 Å². The van der Waals surface area contributed by atoms with Crippen LogP contribution >= 0.6 is 11.6 Å². The number of hydrogen-bond acceptors (Lipinski definition) is 3. The Balaban J connectivity index is 2.39. The molecule has 0 fully saturated rings. The molecule has 116 valence electrons. The lowest BCUT2D eigenvalue weighted by Crippen LogP contribution is -2.32. The molecule has 4 nitrogen and oxygen atoms in total. The van der Waals surface area contributed by atoms with Gasteiger partial charge in [-0.3, -0.25) is 0 Å². The number of aliphatic hydroxyl groups excluding tert-OH is 1. The molecule has 0 spiro atoms. The van der Waals surface area contributed by atoms with E-state index in [1.54, 1.807) is 0 Å². The highest BCUT2D eigenvalue weighted by atomic mass is 35.5. The molecule has 0 aliphatic carbocycles. The first-order valence-electron chi connectivity index (χ1n) is 7.74. The number of nitrogens with zero attached hydrogens (tertiary/aromatic N) is 1. The molecule has 1 aromatic rings. The summed E-state index contributed by atoms with van der Waals surface area (Å²) in [6, 6.07) is 0. The number of rotatable bonds is 10. The van der Waals surface area contributed by atoms with Crippen LogP contribution in [0.2, 0.25) is 5.15 Å². The van der Waals surface area contributed by atoms with E-state index >= 15 is 0 Å². The lowest BCUT2D eigenvalue weighted by Gasteiger charge is -2.20. The zero-order chi connectivity index (χ0) is 15.0. The Kier molecular flexibility index (Phi) is 8.19. The van der Waals surface area contributed by atoms with E-state index in [0.29, 0.717) is 24.2 Å². The van der Waals surface area contributed by atoms with Gasteiger partial charge in [0.25, 0.3) is 0 Å². The Morgan fingerprint density at radius 1 is 1.30 bits per heavy atom. The van der Waals surface area contributed by atoms with Crippen LogP contribution in [-0.2, 0) is 13.0 Å². The zero-order valence-electron chi connectivity index (χ0n) is 12.9. The monoisotopic (exact) mass is 301 g/mol. The van der Waals surface area contributed by atoms with Crippen molar-refractivity contribution in [3.8, 4) is 0 Å². The number of nitrogens with one attached hydrogen (secondary N) is 2. The minimum Gasteiger partial charge on any atom is -0.392 e. The van der Waals surface area contributed by atoms with Gasteiger partial charge in [0.2, 0.25) is 0 Å². The molecule has 1 unspecified atom stereocenters. The average molecular weight is 302 g/mol. The van der Waals surface area contributed by atoms with E-state index in [-0.39, 0.29) is 6.10 Å². The molecular weight excluding hydrogens is 274 g/mol. The summed E-state index contributed by atoms with van der Waals surface area (Å²) in [5.41, 5.74) is 0.912. The van der Waals surface area contributed by atoms with Crippen molar-refractivity contribution in [3.63, 3.8) is 0 Å². The van der Waals surface area contributed by atoms with Gasteiger partial charge in [-0.15, -0.1) is 0 Å². The number of halogens is 1. The lowest BCUT2D eigenvalue weighted by molar-refractivity contribution is 0.101. The summed E-state index contributed by atoms with van der Waals surface area (Å²) in [7, 11) is 0. The van der Waals surface area contributed by atoms with E-state index in [9.17, 15) is 5.11 Å². The molecule has 0 aliphatic heterocycles. The van der Waals surface area contributed by atoms with Crippen LogP contribution in [0.25, 0.3) is 0 Å². The molecule has 0 aliphatic rings. The second-order valence-corrected chi connectivity index (χ2v) is 5.69. The molecule has 0 radical (unpaired) electrons. The highest BCUT2D eigenvalue weighted by molar-refractivity contribution is 6.30. The second kappa shape index (κ2) is 9.37. The summed E-state index contributed by atoms with van der Waals surface area (Å²) in [5, 5.41) is 13.9. The summed E-state index contributed by atoms with van der Waals surface area (Å²) >= 11 is 6.11. The van der Waals surface area contributed by atoms with E-state index in [1.165, 1.54) is 0 Å². The summed E-state index contributed by atoms with van der Waals surface area (Å²) < 4.78 is 0. The van der Waals surface area contributed by atoms with Gasteiger partial charge in [0.1, 0.15) is 5.82 Å². The molecular formula is C15H28ClN3O. The van der Waals surface area contributed by atoms with Gasteiger partial charge >= 0.3 is 0 Å². The first-order valence-corrected chi connectivity index (χ1v) is 8.12. The summed E-state index contributed by atoms with van der Waals surface area (Å²) in [6.45, 7) is 7.60. The smallest absolute Gasteiger partial charge is 0.151 e. The third-order valence-electron chi connectivity index (χ3n) is 3.79. The molecule has 20 heavy (non-hydrogen) atoms. The van der Waals surface area contributed by atoms with Gasteiger partial charge in [-0.2, -0.15) is 0 Å². The maximum absolute atomic E-state index is 10.1. The van der Waals surface area contributed by atoms with Crippen molar-refractivity contribution in [2.24, 2.45) is 5.92 Å². The van der Waals surface area contributed by atoms with Gasteiger partial charge in [-0.05, 0) is 12.3 Å². The first-order chi connectivity index (χ1) is 9.62. The van der Waals surface area contributed by atoms with Crippen LogP contribution < -0.4 is 5.32 Å². The Hall–Kier alpha value is -0.580. The van der Waals surface area contributed by atoms with Crippen LogP contribution in [0.15, 0.2) is 0 Å². The summed E-state index contributed by atoms with van der Waals surface area (Å²) in [6.07, 6.45) is 4.91. The van der Waals surface area contributed by atoms with Crippen molar-refractivity contribution >= 4 is 11.6 Å². The summed E-state index contributed by atoms with van der Waals surface area (Å²) in [5.74, 6) is 1.31. The minimum absolute atomic E-state index is 0.300. The molecule has 1 aromatic heterocycles. The Morgan fingerprint density at radius 2 is 2.00 bits per heavy atom. The number of unbranched alkanes of at least 4 members (excludes halogenated alkanes) is 1. The predicted molar refractivity (Wildman–Crippen MR) is 84.0 cm³/mol. The van der Waals surface area contributed by atoms with Crippen molar-refractivity contribution in [1.82, 2.24) is 15.3 Å². The number of H-pyrrole nitrogens is 1. The Labute approximate surface area is 127 Å². The largest absolute Gasteiger partial charge is 0.392 e. The highest BCUT2D eigenvalue weighted by Gasteiger charge is 2.15. The molecule has 3 N–H and O–H groups in total. The number of aromatic nitrogens is 2. The van der Waals surface area contributed by atoms with Crippen LogP contribution in [0.1, 0.15) is 58.0 Å². The number of aryl methyl sites for hydroxylation is 1. The SMILES string of the molecule is CCCCc1nc(Cl)c(CNCC(O)C(CC)CC)[nH]1. The van der Waals surface area contributed by atoms with Gasteiger partial charge in [-0.1, -0.05) is 51.6 Å². The highest BCUT2D eigenvalue weighted by Crippen LogP contribution is 2.15. The number of hydrogen-bond donors (Lipinski definition) is 3. The molecule has 5 heteroatoms. The van der Waals surface area contributed by atoms with E-state index in [1.807, 2.05) is 0 Å². The Bertz CT molecular complexity index is 377. The minimum atomic E-state index is -0.300. The molecule has 0 aromatic carbocycles. The van der Waals surface area contributed by atoms with Crippen molar-refractivity contribution in [2.45, 2.75) is 65.5 Å². The summed E-state index contributed by atoms with van der Waals surface area (Å²) in [4.78, 5) is 7.58. The third-order valence-corrected chi connectivity index (χ3v) is 4.11. The fourth-order valence-corrected chi connectivity index (χ4v) is 2.58. The third kappa shape index (κ3) is 5.43. The van der Waals surface area contributed by atoms with Crippen molar-refractivity contribution in [1.29, 1.82) is 0 Å². The molecule has 0 bridgehead atoms. The maximum atomic E-state index is 10.1. The van der Waals surface area contributed by atoms with E-state index < -0.39 is 0 Å². The lowest BCUT2D eigenvalue weighted by atomic mass is 9.96. The predicted octanol–water partition coefficient (Wildman–Crippen LogP) is 3.29. The fourth-order valence-electron chi connectivity index (χ4n) is 2.36. The van der Waals surface area contributed by atoms with Crippen LogP contribution in [0.5, 0.6) is 0 Å². The standard InChI is InChI=1S/C15H28ClN3O/c1-4-7-8-14-18-12(15(16)19-14)9-17-10-13(20)11(5-2)6-3/h11,13,17,20H,4-10H2,1-3H3,(H,18,19). The van der Waals surface area contributed by atoms with E-state index in [2.05, 4.69) is 36.1 Å². The van der Waals surface area contributed by atoms with Crippen LogP contribution in [0.3, 0.4) is 0 Å². The molecule has 0 amide bonds. The maximum Gasteiger partial charge on any atom is 0.151 e. The van der Waals surface area contributed by atoms with Crippen LogP contribution in [-0.4, -0.2) is 27.7 Å². The normalized spacial score (nSPS) is 13.1. The topological polar surface area (TPSA) is 60.9 Å². The molecule has 0 saturated heterocycles. The number of aromatic amines is 1. The van der Waals surface area contributed by atoms with Gasteiger partial charge in [0.15, 0.2) is 5.15 Å². The van der Waals surface area contributed by atoms with Gasteiger partial charge in [0.05, 0.1) is 11.8 Å². The van der Waals surface area contributed by atoms with Crippen molar-refractivity contribution in [2.75, 3.05) is 6.54 Å². The van der Waals surface area contributed by atoms with Gasteiger partial charge in [0, 0.05) is 19.5 Å². The Morgan fingerprint density at radius 3 is 2.60 bits per heavy atom. The average Bonchev–Trinajstić information content (AvgIpc) is 2.78. The number of aliphatic hydroxyl groups is 1.